The SMILES string of the molecule is CC(CNCc1sc2ccccc2c1Cl)S(C)=O. The molecule has 18 heavy (non-hydrogen) atoms. The molecule has 0 radical (unpaired) electrons. The molecule has 0 fully saturated rings. The number of benzene rings is 1. The standard InChI is InChI=1S/C13H16ClNOS2/c1-9(18(2)16)7-15-8-12-13(14)10-5-3-4-6-11(10)17-12/h3-6,9,15H,7-8H2,1-2H3. The van der Waals surface area contributed by atoms with Crippen molar-refractivity contribution < 1.29 is 4.21 Å². The van der Waals surface area contributed by atoms with Crippen molar-refractivity contribution in [3.8, 4) is 0 Å². The van der Waals surface area contributed by atoms with E-state index in [1.54, 1.807) is 17.6 Å². The fourth-order valence-corrected chi connectivity index (χ4v) is 3.51. The number of hydrogen-bond acceptors (Lipinski definition) is 3. The Balaban J connectivity index is 2.04. The van der Waals surface area contributed by atoms with Crippen molar-refractivity contribution in [2.24, 2.45) is 0 Å². The smallest absolute Gasteiger partial charge is 0.0636 e. The summed E-state index contributed by atoms with van der Waals surface area (Å²) in [6.07, 6.45) is 1.73. The Morgan fingerprint density at radius 2 is 2.17 bits per heavy atom. The Morgan fingerprint density at radius 1 is 1.44 bits per heavy atom. The van der Waals surface area contributed by atoms with Crippen LogP contribution < -0.4 is 5.32 Å². The van der Waals surface area contributed by atoms with Crippen LogP contribution in [0.2, 0.25) is 5.02 Å². The lowest BCUT2D eigenvalue weighted by Gasteiger charge is -2.08. The van der Waals surface area contributed by atoms with E-state index in [4.69, 9.17) is 11.6 Å². The Kier molecular flexibility index (Phi) is 4.78. The third-order valence-electron chi connectivity index (χ3n) is 2.89. The molecule has 0 aliphatic heterocycles. The minimum absolute atomic E-state index is 0.165. The number of hydrogen-bond donors (Lipinski definition) is 1. The summed E-state index contributed by atoms with van der Waals surface area (Å²) in [4.78, 5) is 1.15. The van der Waals surface area contributed by atoms with Crippen LogP contribution in [0.25, 0.3) is 10.1 Å². The second-order valence-corrected chi connectivity index (χ2v) is 7.59. The van der Waals surface area contributed by atoms with Crippen molar-refractivity contribution >= 4 is 43.8 Å². The zero-order chi connectivity index (χ0) is 13.1. The predicted octanol–water partition coefficient (Wildman–Crippen LogP) is 3.41. The molecule has 0 amide bonds. The number of nitrogens with one attached hydrogen (secondary N) is 1. The minimum Gasteiger partial charge on any atom is -0.311 e. The number of fused-ring (bicyclic) bond motifs is 1. The molecule has 98 valence electrons. The zero-order valence-corrected chi connectivity index (χ0v) is 12.8. The van der Waals surface area contributed by atoms with Gasteiger partial charge in [0.2, 0.25) is 0 Å². The van der Waals surface area contributed by atoms with Crippen LogP contribution in [-0.2, 0) is 17.3 Å². The van der Waals surface area contributed by atoms with Crippen molar-refractivity contribution in [2.45, 2.75) is 18.7 Å². The average molecular weight is 302 g/mol. The fraction of sp³-hybridized carbons (Fsp3) is 0.385. The quantitative estimate of drug-likeness (QED) is 0.917. The van der Waals surface area contributed by atoms with E-state index in [2.05, 4.69) is 11.4 Å². The van der Waals surface area contributed by atoms with Crippen molar-refractivity contribution in [1.82, 2.24) is 5.32 Å². The maximum Gasteiger partial charge on any atom is 0.0636 e. The lowest BCUT2D eigenvalue weighted by molar-refractivity contribution is 0.650. The van der Waals surface area contributed by atoms with Gasteiger partial charge in [0.15, 0.2) is 0 Å². The summed E-state index contributed by atoms with van der Waals surface area (Å²) < 4.78 is 12.5. The van der Waals surface area contributed by atoms with Gasteiger partial charge >= 0.3 is 0 Å². The molecule has 0 spiro atoms. The molecular formula is C13H16ClNOS2. The number of thiophene rings is 1. The van der Waals surface area contributed by atoms with Crippen LogP contribution in [0.5, 0.6) is 0 Å². The highest BCUT2D eigenvalue weighted by atomic mass is 35.5. The molecule has 1 aromatic carbocycles. The van der Waals surface area contributed by atoms with Gasteiger partial charge in [-0.3, -0.25) is 4.21 Å². The van der Waals surface area contributed by atoms with Gasteiger partial charge in [-0.15, -0.1) is 11.3 Å². The minimum atomic E-state index is -0.780. The first-order chi connectivity index (χ1) is 8.59. The highest BCUT2D eigenvalue weighted by molar-refractivity contribution is 7.84. The Hall–Kier alpha value is -0.420. The second-order valence-electron chi connectivity index (χ2n) is 4.28. The van der Waals surface area contributed by atoms with E-state index in [1.165, 1.54) is 4.70 Å². The maximum absolute atomic E-state index is 11.2. The van der Waals surface area contributed by atoms with Gasteiger partial charge in [0.05, 0.1) is 5.02 Å². The van der Waals surface area contributed by atoms with E-state index < -0.39 is 10.8 Å². The van der Waals surface area contributed by atoms with Gasteiger partial charge in [0.1, 0.15) is 0 Å². The van der Waals surface area contributed by atoms with Crippen LogP contribution in [0.4, 0.5) is 0 Å². The van der Waals surface area contributed by atoms with Crippen molar-refractivity contribution in [3.05, 3.63) is 34.2 Å². The molecule has 1 aromatic heterocycles. The van der Waals surface area contributed by atoms with Crippen molar-refractivity contribution in [3.63, 3.8) is 0 Å². The van der Waals surface area contributed by atoms with Crippen LogP contribution >= 0.6 is 22.9 Å². The van der Waals surface area contributed by atoms with E-state index in [0.717, 1.165) is 28.4 Å². The first-order valence-corrected chi connectivity index (χ1v) is 8.60. The van der Waals surface area contributed by atoms with Crippen LogP contribution in [0.1, 0.15) is 11.8 Å². The van der Waals surface area contributed by atoms with Crippen molar-refractivity contribution in [1.29, 1.82) is 0 Å². The predicted molar refractivity (Wildman–Crippen MR) is 82.1 cm³/mol. The van der Waals surface area contributed by atoms with E-state index in [1.807, 2.05) is 25.1 Å². The fourth-order valence-electron chi connectivity index (χ4n) is 1.68. The largest absolute Gasteiger partial charge is 0.311 e. The second kappa shape index (κ2) is 6.15. The summed E-state index contributed by atoms with van der Waals surface area (Å²) in [6.45, 7) is 3.46. The van der Waals surface area contributed by atoms with Crippen LogP contribution in [-0.4, -0.2) is 22.3 Å². The van der Waals surface area contributed by atoms with Crippen LogP contribution in [0.3, 0.4) is 0 Å². The van der Waals surface area contributed by atoms with E-state index in [-0.39, 0.29) is 5.25 Å². The molecule has 1 N–H and O–H groups in total. The van der Waals surface area contributed by atoms with Gasteiger partial charge in [-0.25, -0.2) is 0 Å². The normalized spacial score (nSPS) is 14.8. The zero-order valence-electron chi connectivity index (χ0n) is 10.4. The van der Waals surface area contributed by atoms with Crippen LogP contribution in [0, 0.1) is 0 Å². The maximum atomic E-state index is 11.2. The first-order valence-electron chi connectivity index (χ1n) is 5.78. The average Bonchev–Trinajstić information content (AvgIpc) is 2.67. The summed E-state index contributed by atoms with van der Waals surface area (Å²) in [7, 11) is -0.780. The molecule has 0 bridgehead atoms. The molecule has 2 unspecified atom stereocenters. The van der Waals surface area contributed by atoms with E-state index in [0.29, 0.717) is 0 Å². The summed E-state index contributed by atoms with van der Waals surface area (Å²) in [6, 6.07) is 8.15. The molecule has 2 atom stereocenters. The molecular weight excluding hydrogens is 286 g/mol. The Morgan fingerprint density at radius 3 is 2.83 bits per heavy atom. The summed E-state index contributed by atoms with van der Waals surface area (Å²) >= 11 is 8.06. The molecule has 0 saturated carbocycles. The third kappa shape index (κ3) is 3.12. The van der Waals surface area contributed by atoms with Gasteiger partial charge in [-0.2, -0.15) is 0 Å². The van der Waals surface area contributed by atoms with Crippen molar-refractivity contribution in [2.75, 3.05) is 12.8 Å². The molecule has 0 aliphatic rings. The topological polar surface area (TPSA) is 29.1 Å². The monoisotopic (exact) mass is 301 g/mol. The number of rotatable bonds is 5. The summed E-state index contributed by atoms with van der Waals surface area (Å²) in [5.41, 5.74) is 0. The highest BCUT2D eigenvalue weighted by Crippen LogP contribution is 2.34. The van der Waals surface area contributed by atoms with Crippen LogP contribution in [0.15, 0.2) is 24.3 Å². The molecule has 2 rings (SSSR count). The number of halogens is 1. The summed E-state index contributed by atoms with van der Waals surface area (Å²) in [5.74, 6) is 0. The van der Waals surface area contributed by atoms with E-state index >= 15 is 0 Å². The van der Waals surface area contributed by atoms with E-state index in [9.17, 15) is 4.21 Å². The molecule has 5 heteroatoms. The Labute approximate surface area is 119 Å². The Bertz CT molecular complexity index is 567. The van der Waals surface area contributed by atoms with Gasteiger partial charge in [0, 0.05) is 50.4 Å². The lowest BCUT2D eigenvalue weighted by Crippen LogP contribution is -2.26. The summed E-state index contributed by atoms with van der Waals surface area (Å²) in [5, 5.41) is 5.44. The van der Waals surface area contributed by atoms with Gasteiger partial charge in [-0.05, 0) is 13.0 Å². The molecule has 1 heterocycles. The first kappa shape index (κ1) is 14.0. The van der Waals surface area contributed by atoms with Gasteiger partial charge in [0.25, 0.3) is 0 Å². The molecule has 2 aromatic rings. The lowest BCUT2D eigenvalue weighted by atomic mass is 10.2. The molecule has 2 nitrogen and oxygen atoms in total. The highest BCUT2D eigenvalue weighted by Gasteiger charge is 2.10. The molecule has 0 aliphatic carbocycles. The molecule has 0 saturated heterocycles. The third-order valence-corrected chi connectivity index (χ3v) is 5.90. The van der Waals surface area contributed by atoms with Gasteiger partial charge in [-0.1, -0.05) is 29.8 Å². The van der Waals surface area contributed by atoms with Gasteiger partial charge < -0.3 is 5.32 Å².